The van der Waals surface area contributed by atoms with E-state index in [-0.39, 0.29) is 0 Å². The van der Waals surface area contributed by atoms with Crippen molar-refractivity contribution >= 4 is 0 Å². The monoisotopic (exact) mass is 226 g/mol. The van der Waals surface area contributed by atoms with Gasteiger partial charge in [0, 0.05) is 5.56 Å². The maximum absolute atomic E-state index is 4.71. The third-order valence-corrected chi connectivity index (χ3v) is 2.91. The quantitative estimate of drug-likeness (QED) is 0.799. The van der Waals surface area contributed by atoms with Crippen LogP contribution in [-0.2, 0) is 12.8 Å². The summed E-state index contributed by atoms with van der Waals surface area (Å²) in [6, 6.07) is 8.39. The van der Waals surface area contributed by atoms with Gasteiger partial charge in [0.1, 0.15) is 0 Å². The first-order valence-corrected chi connectivity index (χ1v) is 6.16. The van der Waals surface area contributed by atoms with E-state index in [9.17, 15) is 0 Å². The van der Waals surface area contributed by atoms with Gasteiger partial charge in [0.05, 0.1) is 23.3 Å². The normalized spacial score (nSPS) is 10.5. The Morgan fingerprint density at radius 1 is 1.06 bits per heavy atom. The highest BCUT2D eigenvalue weighted by Crippen LogP contribution is 2.19. The number of benzene rings is 1. The highest BCUT2D eigenvalue weighted by molar-refractivity contribution is 5.59. The molecule has 0 bridgehead atoms. The van der Waals surface area contributed by atoms with E-state index in [2.05, 4.69) is 50.0 Å². The largest absolute Gasteiger partial charge is 0.257 e. The number of aryl methyl sites for hydroxylation is 3. The first kappa shape index (κ1) is 11.8. The van der Waals surface area contributed by atoms with E-state index >= 15 is 0 Å². The third-order valence-electron chi connectivity index (χ3n) is 2.91. The lowest BCUT2D eigenvalue weighted by Crippen LogP contribution is -2.00. The summed E-state index contributed by atoms with van der Waals surface area (Å²) in [5.41, 5.74) is 5.61. The summed E-state index contributed by atoms with van der Waals surface area (Å²) >= 11 is 0. The van der Waals surface area contributed by atoms with Crippen LogP contribution >= 0.6 is 0 Å². The van der Waals surface area contributed by atoms with Crippen LogP contribution in [0.2, 0.25) is 0 Å². The van der Waals surface area contributed by atoms with Gasteiger partial charge in [-0.15, -0.1) is 0 Å². The second-order valence-electron chi connectivity index (χ2n) is 4.23. The van der Waals surface area contributed by atoms with Crippen LogP contribution in [0.1, 0.15) is 30.8 Å². The molecule has 88 valence electrons. The summed E-state index contributed by atoms with van der Waals surface area (Å²) in [5.74, 6) is 0. The van der Waals surface area contributed by atoms with E-state index in [1.807, 2.05) is 6.20 Å². The summed E-state index contributed by atoms with van der Waals surface area (Å²) < 4.78 is 0. The fourth-order valence-electron chi connectivity index (χ4n) is 1.97. The topological polar surface area (TPSA) is 25.8 Å². The number of hydrogen-bond donors (Lipinski definition) is 0. The highest BCUT2D eigenvalue weighted by atomic mass is 14.8. The van der Waals surface area contributed by atoms with Gasteiger partial charge < -0.3 is 0 Å². The Morgan fingerprint density at radius 3 is 2.47 bits per heavy atom. The minimum atomic E-state index is 0.940. The van der Waals surface area contributed by atoms with E-state index in [1.165, 1.54) is 5.56 Å². The molecular weight excluding hydrogens is 208 g/mol. The van der Waals surface area contributed by atoms with Crippen molar-refractivity contribution in [2.24, 2.45) is 0 Å². The molecule has 0 fully saturated rings. The van der Waals surface area contributed by atoms with E-state index in [0.29, 0.717) is 0 Å². The lowest BCUT2D eigenvalue weighted by molar-refractivity contribution is 0.907. The molecule has 0 aliphatic carbocycles. The van der Waals surface area contributed by atoms with Gasteiger partial charge in [-0.2, -0.15) is 0 Å². The molecule has 0 saturated heterocycles. The third kappa shape index (κ3) is 2.52. The van der Waals surface area contributed by atoms with Gasteiger partial charge in [0.15, 0.2) is 0 Å². The summed E-state index contributed by atoms with van der Waals surface area (Å²) in [5, 5.41) is 0. The molecule has 1 heterocycles. The number of hydrogen-bond acceptors (Lipinski definition) is 2. The lowest BCUT2D eigenvalue weighted by atomic mass is 10.1. The van der Waals surface area contributed by atoms with Crippen LogP contribution in [0, 0.1) is 6.92 Å². The molecule has 2 nitrogen and oxygen atoms in total. The molecule has 0 saturated carbocycles. The molecular formula is C15H18N2. The van der Waals surface area contributed by atoms with Gasteiger partial charge in [-0.05, 0) is 25.8 Å². The molecule has 2 aromatic rings. The van der Waals surface area contributed by atoms with Gasteiger partial charge >= 0.3 is 0 Å². The minimum absolute atomic E-state index is 0.940. The molecule has 0 aliphatic rings. The zero-order valence-electron chi connectivity index (χ0n) is 10.7. The average molecular weight is 226 g/mol. The zero-order chi connectivity index (χ0) is 12.3. The Morgan fingerprint density at radius 2 is 1.82 bits per heavy atom. The molecule has 0 radical (unpaired) electrons. The van der Waals surface area contributed by atoms with Crippen LogP contribution in [0.5, 0.6) is 0 Å². The Balaban J connectivity index is 2.46. The van der Waals surface area contributed by atoms with Crippen molar-refractivity contribution in [3.63, 3.8) is 0 Å². The summed E-state index contributed by atoms with van der Waals surface area (Å²) in [7, 11) is 0. The standard InChI is InChI=1S/C15H18N2/c1-4-13-14(5-2)17-15(10-16-13)12-8-6-7-11(3)9-12/h6-10H,4-5H2,1-3H3. The van der Waals surface area contributed by atoms with Crippen LogP contribution in [0.25, 0.3) is 11.3 Å². The Hall–Kier alpha value is -1.70. The maximum Gasteiger partial charge on any atom is 0.0888 e. The van der Waals surface area contributed by atoms with Crippen LogP contribution < -0.4 is 0 Å². The lowest BCUT2D eigenvalue weighted by Gasteiger charge is -2.07. The predicted octanol–water partition coefficient (Wildman–Crippen LogP) is 3.58. The van der Waals surface area contributed by atoms with Gasteiger partial charge in [-0.3, -0.25) is 4.98 Å². The molecule has 0 atom stereocenters. The maximum atomic E-state index is 4.71. The predicted molar refractivity (Wildman–Crippen MR) is 71.0 cm³/mol. The van der Waals surface area contributed by atoms with Crippen molar-refractivity contribution < 1.29 is 0 Å². The fraction of sp³-hybridized carbons (Fsp3) is 0.333. The van der Waals surface area contributed by atoms with Crippen LogP contribution in [0.15, 0.2) is 30.5 Å². The Bertz CT molecular complexity index is 518. The number of nitrogens with zero attached hydrogens (tertiary/aromatic N) is 2. The molecule has 0 unspecified atom stereocenters. The van der Waals surface area contributed by atoms with E-state index in [0.717, 1.165) is 35.5 Å². The van der Waals surface area contributed by atoms with Crippen LogP contribution in [-0.4, -0.2) is 9.97 Å². The summed E-state index contributed by atoms with van der Waals surface area (Å²) in [4.78, 5) is 9.22. The van der Waals surface area contributed by atoms with Gasteiger partial charge in [-0.1, -0.05) is 37.6 Å². The summed E-state index contributed by atoms with van der Waals surface area (Å²) in [6.45, 7) is 6.34. The SMILES string of the molecule is CCc1ncc(-c2cccc(C)c2)nc1CC. The van der Waals surface area contributed by atoms with Gasteiger partial charge in [0.2, 0.25) is 0 Å². The molecule has 0 N–H and O–H groups in total. The van der Waals surface area contributed by atoms with Crippen LogP contribution in [0.4, 0.5) is 0 Å². The van der Waals surface area contributed by atoms with Crippen LogP contribution in [0.3, 0.4) is 0 Å². The molecule has 2 rings (SSSR count). The van der Waals surface area contributed by atoms with Crippen molar-refractivity contribution in [2.45, 2.75) is 33.6 Å². The van der Waals surface area contributed by atoms with Gasteiger partial charge in [0.25, 0.3) is 0 Å². The van der Waals surface area contributed by atoms with Crippen molar-refractivity contribution in [3.8, 4) is 11.3 Å². The Kier molecular flexibility index (Phi) is 3.52. The van der Waals surface area contributed by atoms with Crippen molar-refractivity contribution in [3.05, 3.63) is 47.4 Å². The van der Waals surface area contributed by atoms with Crippen molar-refractivity contribution in [1.29, 1.82) is 0 Å². The fourth-order valence-corrected chi connectivity index (χ4v) is 1.97. The number of aromatic nitrogens is 2. The number of rotatable bonds is 3. The highest BCUT2D eigenvalue weighted by Gasteiger charge is 2.06. The Labute approximate surface area is 103 Å². The molecule has 1 aromatic carbocycles. The molecule has 0 aliphatic heterocycles. The molecule has 0 spiro atoms. The average Bonchev–Trinajstić information content (AvgIpc) is 2.38. The molecule has 1 aromatic heterocycles. The zero-order valence-corrected chi connectivity index (χ0v) is 10.7. The minimum Gasteiger partial charge on any atom is -0.257 e. The molecule has 2 heteroatoms. The molecule has 0 amide bonds. The molecule has 17 heavy (non-hydrogen) atoms. The smallest absolute Gasteiger partial charge is 0.0888 e. The second-order valence-corrected chi connectivity index (χ2v) is 4.23. The van der Waals surface area contributed by atoms with Crippen molar-refractivity contribution in [1.82, 2.24) is 9.97 Å². The second kappa shape index (κ2) is 5.09. The first-order valence-electron chi connectivity index (χ1n) is 6.16. The van der Waals surface area contributed by atoms with Crippen molar-refractivity contribution in [2.75, 3.05) is 0 Å². The van der Waals surface area contributed by atoms with Gasteiger partial charge in [-0.25, -0.2) is 4.98 Å². The first-order chi connectivity index (χ1) is 8.24. The summed E-state index contributed by atoms with van der Waals surface area (Å²) in [6.07, 6.45) is 3.77. The van der Waals surface area contributed by atoms with E-state index in [1.54, 1.807) is 0 Å². The van der Waals surface area contributed by atoms with E-state index < -0.39 is 0 Å². The van der Waals surface area contributed by atoms with E-state index in [4.69, 9.17) is 4.98 Å².